The normalized spacial score (nSPS) is 19.9. The molecule has 1 aliphatic rings. The van der Waals surface area contributed by atoms with Gasteiger partial charge in [-0.1, -0.05) is 71.6 Å². The van der Waals surface area contributed by atoms with Crippen molar-refractivity contribution < 1.29 is 19.4 Å². The van der Waals surface area contributed by atoms with Gasteiger partial charge in [0.05, 0.1) is 18.8 Å². The number of thioether (sulfide) groups is 1. The molecule has 0 unspecified atom stereocenters. The van der Waals surface area contributed by atoms with Gasteiger partial charge in [-0.05, 0) is 30.5 Å². The van der Waals surface area contributed by atoms with E-state index in [9.17, 15) is 9.90 Å². The average molecular weight is 515 g/mol. The van der Waals surface area contributed by atoms with Crippen molar-refractivity contribution >= 4 is 29.1 Å². The molecule has 2 heterocycles. The second kappa shape index (κ2) is 12.5. The van der Waals surface area contributed by atoms with Crippen LogP contribution in [0.3, 0.4) is 0 Å². The number of aliphatic hydroxyl groups is 1. The summed E-state index contributed by atoms with van der Waals surface area (Å²) >= 11 is 3.23. The maximum atomic E-state index is 11.7. The molecule has 2 aromatic carbocycles. The van der Waals surface area contributed by atoms with E-state index in [1.807, 2.05) is 62.4 Å². The second-order valence-corrected chi connectivity index (χ2v) is 10.7. The third kappa shape index (κ3) is 7.25. The summed E-state index contributed by atoms with van der Waals surface area (Å²) in [7, 11) is 0. The van der Waals surface area contributed by atoms with E-state index in [0.29, 0.717) is 19.5 Å². The van der Waals surface area contributed by atoms with Gasteiger partial charge < -0.3 is 25.2 Å². The second-order valence-electron chi connectivity index (χ2n) is 8.20. The summed E-state index contributed by atoms with van der Waals surface area (Å²) in [5.41, 5.74) is 3.84. The summed E-state index contributed by atoms with van der Waals surface area (Å²) in [5, 5.41) is 24.2. The molecule has 8 nitrogen and oxygen atoms in total. The van der Waals surface area contributed by atoms with Crippen LogP contribution in [0.2, 0.25) is 0 Å². The Hall–Kier alpha value is -2.50. The first kappa shape index (κ1) is 25.6. The van der Waals surface area contributed by atoms with Crippen molar-refractivity contribution in [2.45, 2.75) is 56.3 Å². The molecular formula is C25H30N4O4S2. The molecule has 0 spiro atoms. The van der Waals surface area contributed by atoms with Crippen LogP contribution in [0, 0.1) is 6.92 Å². The SMILES string of the molecule is CCNC(=O)NCc1ccc([C@@H]2O[C@H](CSc3nnc(C)s3)C[C@H](c3ccc(CO)cc3)O2)cc1. The Morgan fingerprint density at radius 2 is 1.77 bits per heavy atom. The number of rotatable bonds is 9. The van der Waals surface area contributed by atoms with Gasteiger partial charge in [0.2, 0.25) is 0 Å². The highest BCUT2D eigenvalue weighted by Crippen LogP contribution is 2.39. The first-order valence-corrected chi connectivity index (χ1v) is 13.4. The minimum atomic E-state index is -0.515. The quantitative estimate of drug-likeness (QED) is 0.361. The van der Waals surface area contributed by atoms with Crippen LogP contribution in [0.25, 0.3) is 0 Å². The van der Waals surface area contributed by atoms with E-state index in [2.05, 4.69) is 20.8 Å². The molecule has 2 amide bonds. The third-order valence-electron chi connectivity index (χ3n) is 5.56. The van der Waals surface area contributed by atoms with Crippen molar-refractivity contribution in [3.63, 3.8) is 0 Å². The first-order valence-electron chi connectivity index (χ1n) is 11.6. The number of benzene rings is 2. The number of urea groups is 1. The van der Waals surface area contributed by atoms with Crippen LogP contribution in [0.15, 0.2) is 52.9 Å². The van der Waals surface area contributed by atoms with Gasteiger partial charge in [-0.2, -0.15) is 0 Å². The standard InChI is InChI=1S/C25H30N4O4S2/c1-3-26-24(31)27-13-17-4-10-20(11-5-17)23-32-21(15-34-25-29-28-16(2)35-25)12-22(33-23)19-8-6-18(14-30)7-9-19/h4-11,21-23,30H,3,12-15H2,1-2H3,(H2,26,27,31)/t21-,22+,23+/m0/s1. The molecule has 3 atom stereocenters. The fraction of sp³-hybridized carbons (Fsp3) is 0.400. The Morgan fingerprint density at radius 3 is 2.43 bits per heavy atom. The summed E-state index contributed by atoms with van der Waals surface area (Å²) in [6.45, 7) is 4.87. The number of amides is 2. The van der Waals surface area contributed by atoms with E-state index in [1.54, 1.807) is 23.1 Å². The summed E-state index contributed by atoms with van der Waals surface area (Å²) in [6, 6.07) is 15.6. The van der Waals surface area contributed by atoms with Crippen LogP contribution in [0.5, 0.6) is 0 Å². The van der Waals surface area contributed by atoms with Crippen molar-refractivity contribution in [2.24, 2.45) is 0 Å². The van der Waals surface area contributed by atoms with E-state index in [0.717, 1.165) is 37.4 Å². The van der Waals surface area contributed by atoms with Gasteiger partial charge in [-0.25, -0.2) is 4.79 Å². The molecule has 0 bridgehead atoms. The molecule has 3 aromatic rings. The summed E-state index contributed by atoms with van der Waals surface area (Å²) in [6.07, 6.45) is 0.0270. The van der Waals surface area contributed by atoms with Crippen LogP contribution in [-0.4, -0.2) is 39.7 Å². The lowest BCUT2D eigenvalue weighted by Gasteiger charge is -2.36. The van der Waals surface area contributed by atoms with E-state index in [-0.39, 0.29) is 24.8 Å². The number of carbonyl (C=O) groups excluding carboxylic acids is 1. The fourth-order valence-corrected chi connectivity index (χ4v) is 5.58. The monoisotopic (exact) mass is 514 g/mol. The van der Waals surface area contributed by atoms with Gasteiger partial charge in [-0.3, -0.25) is 0 Å². The highest BCUT2D eigenvalue weighted by molar-refractivity contribution is 8.01. The molecule has 1 aromatic heterocycles. The van der Waals surface area contributed by atoms with Crippen molar-refractivity contribution in [3.8, 4) is 0 Å². The Labute approximate surface area is 213 Å². The van der Waals surface area contributed by atoms with Gasteiger partial charge in [-0.15, -0.1) is 10.2 Å². The zero-order chi connectivity index (χ0) is 24.6. The molecule has 0 aliphatic carbocycles. The highest BCUT2D eigenvalue weighted by atomic mass is 32.2. The minimum Gasteiger partial charge on any atom is -0.392 e. The van der Waals surface area contributed by atoms with Gasteiger partial charge >= 0.3 is 6.03 Å². The maximum absolute atomic E-state index is 11.7. The Kier molecular flexibility index (Phi) is 9.11. The van der Waals surface area contributed by atoms with Crippen LogP contribution in [0.4, 0.5) is 4.79 Å². The lowest BCUT2D eigenvalue weighted by molar-refractivity contribution is -0.245. The predicted molar refractivity (Wildman–Crippen MR) is 136 cm³/mol. The predicted octanol–water partition coefficient (Wildman–Crippen LogP) is 4.50. The number of aromatic nitrogens is 2. The molecule has 10 heteroatoms. The number of hydrogen-bond donors (Lipinski definition) is 3. The van der Waals surface area contributed by atoms with Gasteiger partial charge in [0.15, 0.2) is 10.6 Å². The number of aliphatic hydroxyl groups excluding tert-OH is 1. The molecule has 1 aliphatic heterocycles. The highest BCUT2D eigenvalue weighted by Gasteiger charge is 2.32. The molecule has 3 N–H and O–H groups in total. The average Bonchev–Trinajstić information content (AvgIpc) is 3.31. The molecule has 35 heavy (non-hydrogen) atoms. The zero-order valence-corrected chi connectivity index (χ0v) is 21.4. The fourth-order valence-electron chi connectivity index (χ4n) is 3.72. The molecule has 1 fully saturated rings. The molecular weight excluding hydrogens is 484 g/mol. The first-order chi connectivity index (χ1) is 17.0. The third-order valence-corrected chi connectivity index (χ3v) is 7.66. The van der Waals surface area contributed by atoms with E-state index in [1.165, 1.54) is 0 Å². The number of carbonyl (C=O) groups is 1. The largest absolute Gasteiger partial charge is 0.392 e. The Morgan fingerprint density at radius 1 is 1.06 bits per heavy atom. The number of aryl methyl sites for hydroxylation is 1. The van der Waals surface area contributed by atoms with Crippen LogP contribution in [0.1, 0.15) is 53.0 Å². The number of nitrogens with one attached hydrogen (secondary N) is 2. The molecule has 186 valence electrons. The molecule has 1 saturated heterocycles. The zero-order valence-electron chi connectivity index (χ0n) is 19.8. The Bertz CT molecular complexity index is 1090. The van der Waals surface area contributed by atoms with Crippen LogP contribution < -0.4 is 10.6 Å². The van der Waals surface area contributed by atoms with Crippen LogP contribution >= 0.6 is 23.1 Å². The summed E-state index contributed by atoms with van der Waals surface area (Å²) < 4.78 is 13.7. The lowest BCUT2D eigenvalue weighted by Crippen LogP contribution is -2.34. The number of ether oxygens (including phenoxy) is 2. The molecule has 0 saturated carbocycles. The van der Waals surface area contributed by atoms with Crippen molar-refractivity contribution in [2.75, 3.05) is 12.3 Å². The Balaban J connectivity index is 1.46. The lowest BCUT2D eigenvalue weighted by atomic mass is 10.0. The van der Waals surface area contributed by atoms with Gasteiger partial charge in [0.1, 0.15) is 5.01 Å². The number of nitrogens with zero attached hydrogens (tertiary/aromatic N) is 2. The molecule has 0 radical (unpaired) electrons. The summed E-state index contributed by atoms with van der Waals surface area (Å²) in [4.78, 5) is 11.7. The van der Waals surface area contributed by atoms with Crippen molar-refractivity contribution in [1.82, 2.24) is 20.8 Å². The van der Waals surface area contributed by atoms with E-state index < -0.39 is 6.29 Å². The smallest absolute Gasteiger partial charge is 0.315 e. The van der Waals surface area contributed by atoms with Crippen molar-refractivity contribution in [1.29, 1.82) is 0 Å². The van der Waals surface area contributed by atoms with Gasteiger partial charge in [0, 0.05) is 30.8 Å². The summed E-state index contributed by atoms with van der Waals surface area (Å²) in [5.74, 6) is 0.744. The van der Waals surface area contributed by atoms with Crippen molar-refractivity contribution in [3.05, 3.63) is 75.8 Å². The molecule has 4 rings (SSSR count). The van der Waals surface area contributed by atoms with E-state index in [4.69, 9.17) is 9.47 Å². The minimum absolute atomic E-state index is 0.0133. The van der Waals surface area contributed by atoms with Crippen LogP contribution in [-0.2, 0) is 22.6 Å². The van der Waals surface area contributed by atoms with E-state index >= 15 is 0 Å². The number of hydrogen-bond acceptors (Lipinski definition) is 8. The topological polar surface area (TPSA) is 106 Å². The maximum Gasteiger partial charge on any atom is 0.315 e. The van der Waals surface area contributed by atoms with Gasteiger partial charge in [0.25, 0.3) is 0 Å².